The van der Waals surface area contributed by atoms with Crippen LogP contribution < -0.4 is 5.73 Å². The average Bonchev–Trinajstić information content (AvgIpc) is 2.36. The van der Waals surface area contributed by atoms with Crippen molar-refractivity contribution in [3.05, 3.63) is 29.8 Å². The van der Waals surface area contributed by atoms with E-state index in [-0.39, 0.29) is 17.7 Å². The summed E-state index contributed by atoms with van der Waals surface area (Å²) >= 11 is 0. The van der Waals surface area contributed by atoms with Crippen LogP contribution in [0.2, 0.25) is 0 Å². The fourth-order valence-electron chi connectivity index (χ4n) is 1.83. The van der Waals surface area contributed by atoms with E-state index in [9.17, 15) is 18.0 Å². The molecular weight excluding hydrogens is 282 g/mol. The van der Waals surface area contributed by atoms with Gasteiger partial charge >= 0.3 is 5.97 Å². The van der Waals surface area contributed by atoms with Gasteiger partial charge in [-0.05, 0) is 30.5 Å². The maximum Gasteiger partial charge on any atom is 0.303 e. The summed E-state index contributed by atoms with van der Waals surface area (Å²) < 4.78 is 24.4. The van der Waals surface area contributed by atoms with Crippen LogP contribution in [0.4, 0.5) is 0 Å². The standard InChI is InChI=1S/C13H17NO5S/c1-2-11(13(14)17)20(18,19)10-6-3-9(4-7-10)5-8-12(15)16/h3-4,6-7,11H,2,5,8H2,1H3,(H2,14,17)(H,15,16). The van der Waals surface area contributed by atoms with E-state index in [1.54, 1.807) is 19.1 Å². The molecule has 0 fully saturated rings. The van der Waals surface area contributed by atoms with Gasteiger partial charge in [0.05, 0.1) is 4.90 Å². The second kappa shape index (κ2) is 6.51. The molecule has 1 atom stereocenters. The SMILES string of the molecule is CCC(C(N)=O)S(=O)(=O)c1ccc(CCC(=O)O)cc1. The molecule has 3 N–H and O–H groups in total. The van der Waals surface area contributed by atoms with Gasteiger partial charge < -0.3 is 10.8 Å². The third kappa shape index (κ3) is 3.80. The van der Waals surface area contributed by atoms with Gasteiger partial charge in [0, 0.05) is 6.42 Å². The third-order valence-corrected chi connectivity index (χ3v) is 5.19. The number of amides is 1. The molecule has 1 unspecified atom stereocenters. The number of hydrogen-bond acceptors (Lipinski definition) is 4. The molecule has 7 heteroatoms. The molecule has 0 aliphatic rings. The molecule has 0 saturated heterocycles. The topological polar surface area (TPSA) is 115 Å². The van der Waals surface area contributed by atoms with Crippen molar-refractivity contribution in [1.82, 2.24) is 0 Å². The monoisotopic (exact) mass is 299 g/mol. The van der Waals surface area contributed by atoms with Crippen LogP contribution in [0.1, 0.15) is 25.3 Å². The van der Waals surface area contributed by atoms with E-state index in [4.69, 9.17) is 10.8 Å². The summed E-state index contributed by atoms with van der Waals surface area (Å²) in [4.78, 5) is 21.6. The Kier molecular flexibility index (Phi) is 5.26. The number of benzene rings is 1. The Bertz CT molecular complexity index is 592. The van der Waals surface area contributed by atoms with E-state index in [1.807, 2.05) is 0 Å². The maximum absolute atomic E-state index is 12.2. The van der Waals surface area contributed by atoms with Crippen LogP contribution in [0.3, 0.4) is 0 Å². The lowest BCUT2D eigenvalue weighted by molar-refractivity contribution is -0.137. The van der Waals surface area contributed by atoms with Crippen molar-refractivity contribution < 1.29 is 23.1 Å². The average molecular weight is 299 g/mol. The van der Waals surface area contributed by atoms with Gasteiger partial charge in [-0.2, -0.15) is 0 Å². The lowest BCUT2D eigenvalue weighted by Gasteiger charge is -2.12. The number of carboxylic acid groups (broad SMARTS) is 1. The molecule has 0 aliphatic heterocycles. The maximum atomic E-state index is 12.2. The molecule has 0 saturated carbocycles. The number of aliphatic carboxylic acids is 1. The van der Waals surface area contributed by atoms with E-state index >= 15 is 0 Å². The van der Waals surface area contributed by atoms with Crippen LogP contribution in [0.15, 0.2) is 29.2 Å². The highest BCUT2D eigenvalue weighted by molar-refractivity contribution is 7.92. The fraction of sp³-hybridized carbons (Fsp3) is 0.385. The van der Waals surface area contributed by atoms with Crippen LogP contribution in [-0.2, 0) is 25.8 Å². The Morgan fingerprint density at radius 1 is 1.25 bits per heavy atom. The minimum absolute atomic E-state index is 0.0159. The second-order valence-electron chi connectivity index (χ2n) is 4.38. The predicted octanol–water partition coefficient (Wildman–Crippen LogP) is 0.741. The molecule has 110 valence electrons. The summed E-state index contributed by atoms with van der Waals surface area (Å²) in [6.45, 7) is 1.58. The first-order valence-corrected chi connectivity index (χ1v) is 7.67. The quantitative estimate of drug-likeness (QED) is 0.770. The highest BCUT2D eigenvalue weighted by atomic mass is 32.2. The van der Waals surface area contributed by atoms with Crippen LogP contribution in [-0.4, -0.2) is 30.7 Å². The number of carbonyl (C=O) groups excluding carboxylic acids is 1. The predicted molar refractivity (Wildman–Crippen MR) is 72.9 cm³/mol. The van der Waals surface area contributed by atoms with E-state index in [2.05, 4.69) is 0 Å². The number of aryl methyl sites for hydroxylation is 1. The van der Waals surface area contributed by atoms with Crippen LogP contribution >= 0.6 is 0 Å². The first-order chi connectivity index (χ1) is 9.28. The Morgan fingerprint density at radius 3 is 2.20 bits per heavy atom. The molecule has 1 aromatic carbocycles. The Labute approximate surface area is 117 Å². The molecule has 1 aromatic rings. The molecule has 1 amide bonds. The van der Waals surface area contributed by atoms with Gasteiger partial charge in [-0.1, -0.05) is 19.1 Å². The largest absolute Gasteiger partial charge is 0.481 e. The third-order valence-electron chi connectivity index (χ3n) is 2.94. The highest BCUT2D eigenvalue weighted by Crippen LogP contribution is 2.19. The Balaban J connectivity index is 2.97. The van der Waals surface area contributed by atoms with Crippen molar-refractivity contribution >= 4 is 21.7 Å². The summed E-state index contributed by atoms with van der Waals surface area (Å²) in [5.74, 6) is -1.79. The molecule has 0 aromatic heterocycles. The fourth-order valence-corrected chi connectivity index (χ4v) is 3.42. The molecule has 0 aliphatic carbocycles. The summed E-state index contributed by atoms with van der Waals surface area (Å²) in [5.41, 5.74) is 5.82. The summed E-state index contributed by atoms with van der Waals surface area (Å²) in [7, 11) is -3.79. The van der Waals surface area contributed by atoms with Gasteiger partial charge in [0.15, 0.2) is 9.84 Å². The van der Waals surface area contributed by atoms with Gasteiger partial charge in [0.25, 0.3) is 0 Å². The zero-order valence-electron chi connectivity index (χ0n) is 11.1. The number of primary amides is 1. The van der Waals surface area contributed by atoms with E-state index in [0.717, 1.165) is 5.56 Å². The van der Waals surface area contributed by atoms with Gasteiger partial charge in [0.1, 0.15) is 5.25 Å². The van der Waals surface area contributed by atoms with Crippen molar-refractivity contribution in [2.45, 2.75) is 36.3 Å². The van der Waals surface area contributed by atoms with Crippen LogP contribution in [0, 0.1) is 0 Å². The number of carbonyl (C=O) groups is 2. The van der Waals surface area contributed by atoms with Crippen molar-refractivity contribution in [1.29, 1.82) is 0 Å². The molecule has 0 spiro atoms. The van der Waals surface area contributed by atoms with Crippen molar-refractivity contribution in [3.63, 3.8) is 0 Å². The van der Waals surface area contributed by atoms with Gasteiger partial charge in [0.2, 0.25) is 5.91 Å². The lowest BCUT2D eigenvalue weighted by atomic mass is 10.1. The number of sulfone groups is 1. The van der Waals surface area contributed by atoms with Crippen LogP contribution in [0.25, 0.3) is 0 Å². The first kappa shape index (κ1) is 16.2. The summed E-state index contributed by atoms with van der Waals surface area (Å²) in [6, 6.07) is 5.84. The molecule has 6 nitrogen and oxygen atoms in total. The van der Waals surface area contributed by atoms with Crippen molar-refractivity contribution in [2.24, 2.45) is 5.73 Å². The molecule has 20 heavy (non-hydrogen) atoms. The first-order valence-electron chi connectivity index (χ1n) is 6.13. The lowest BCUT2D eigenvalue weighted by Crippen LogP contribution is -2.35. The Morgan fingerprint density at radius 2 is 1.80 bits per heavy atom. The zero-order valence-corrected chi connectivity index (χ0v) is 11.9. The smallest absolute Gasteiger partial charge is 0.303 e. The van der Waals surface area contributed by atoms with Gasteiger partial charge in [-0.25, -0.2) is 8.42 Å². The minimum atomic E-state index is -3.79. The molecule has 1 rings (SSSR count). The number of hydrogen-bond donors (Lipinski definition) is 2. The zero-order chi connectivity index (χ0) is 15.3. The molecule has 0 bridgehead atoms. The molecule has 0 radical (unpaired) electrons. The second-order valence-corrected chi connectivity index (χ2v) is 6.51. The van der Waals surface area contributed by atoms with Crippen molar-refractivity contribution in [3.8, 4) is 0 Å². The summed E-state index contributed by atoms with van der Waals surface area (Å²) in [5, 5.41) is 7.33. The highest BCUT2D eigenvalue weighted by Gasteiger charge is 2.30. The molecule has 0 heterocycles. The minimum Gasteiger partial charge on any atom is -0.481 e. The van der Waals surface area contributed by atoms with Gasteiger partial charge in [-0.15, -0.1) is 0 Å². The number of nitrogens with two attached hydrogens (primary N) is 1. The van der Waals surface area contributed by atoms with E-state index in [0.29, 0.717) is 6.42 Å². The van der Waals surface area contributed by atoms with Gasteiger partial charge in [-0.3, -0.25) is 9.59 Å². The van der Waals surface area contributed by atoms with E-state index in [1.165, 1.54) is 12.1 Å². The Hall–Kier alpha value is -1.89. The summed E-state index contributed by atoms with van der Waals surface area (Å²) in [6.07, 6.45) is 0.409. The number of rotatable bonds is 7. The normalized spacial score (nSPS) is 12.8. The molecular formula is C13H17NO5S. The number of carboxylic acids is 1. The van der Waals surface area contributed by atoms with Crippen molar-refractivity contribution in [2.75, 3.05) is 0 Å². The van der Waals surface area contributed by atoms with E-state index < -0.39 is 27.0 Å². The van der Waals surface area contributed by atoms with Crippen LogP contribution in [0.5, 0.6) is 0 Å².